The molecule has 0 radical (unpaired) electrons. The van der Waals surface area contributed by atoms with Gasteiger partial charge in [0.2, 0.25) is 0 Å². The fourth-order valence-electron chi connectivity index (χ4n) is 1.65. The van der Waals surface area contributed by atoms with Gasteiger partial charge in [0.1, 0.15) is 18.1 Å². The molecule has 2 rings (SSSR count). The van der Waals surface area contributed by atoms with E-state index in [9.17, 15) is 0 Å². The van der Waals surface area contributed by atoms with Crippen LogP contribution in [0.25, 0.3) is 0 Å². The molecule has 2 N–H and O–H groups in total. The summed E-state index contributed by atoms with van der Waals surface area (Å²) >= 11 is 6.87. The summed E-state index contributed by atoms with van der Waals surface area (Å²) in [6, 6.07) is 11.3. The van der Waals surface area contributed by atoms with Crippen molar-refractivity contribution < 1.29 is 9.47 Å². The SMILES string of the molecule is COc1ccc(Br)cc1COc1cc(N)ccc1Br. The number of methoxy groups -OCH3 is 1. The predicted octanol–water partition coefficient (Wildman–Crippen LogP) is 4.38. The molecule has 3 nitrogen and oxygen atoms in total. The quantitative estimate of drug-likeness (QED) is 0.793. The van der Waals surface area contributed by atoms with Crippen LogP contribution < -0.4 is 15.2 Å². The second-order valence-corrected chi connectivity index (χ2v) is 5.70. The Kier molecular flexibility index (Phi) is 4.71. The van der Waals surface area contributed by atoms with Crippen molar-refractivity contribution in [2.45, 2.75) is 6.61 Å². The normalized spacial score (nSPS) is 10.3. The summed E-state index contributed by atoms with van der Waals surface area (Å²) in [6.07, 6.45) is 0. The molecule has 0 aliphatic carbocycles. The third-order valence-corrected chi connectivity index (χ3v) is 3.73. The van der Waals surface area contributed by atoms with Crippen molar-refractivity contribution in [1.82, 2.24) is 0 Å². The first-order valence-corrected chi connectivity index (χ1v) is 7.19. The van der Waals surface area contributed by atoms with E-state index >= 15 is 0 Å². The van der Waals surface area contributed by atoms with Crippen molar-refractivity contribution in [2.24, 2.45) is 0 Å². The van der Waals surface area contributed by atoms with Gasteiger partial charge in [-0.3, -0.25) is 0 Å². The molecular formula is C14H13Br2NO2. The number of benzene rings is 2. The molecule has 0 saturated carbocycles. The van der Waals surface area contributed by atoms with Gasteiger partial charge in [0.05, 0.1) is 11.6 Å². The first-order valence-electron chi connectivity index (χ1n) is 5.60. The van der Waals surface area contributed by atoms with Crippen LogP contribution in [-0.4, -0.2) is 7.11 Å². The Bertz CT molecular complexity index is 588. The van der Waals surface area contributed by atoms with E-state index in [0.29, 0.717) is 18.0 Å². The lowest BCUT2D eigenvalue weighted by Gasteiger charge is -2.12. The fourth-order valence-corrected chi connectivity index (χ4v) is 2.42. The van der Waals surface area contributed by atoms with E-state index < -0.39 is 0 Å². The molecule has 0 atom stereocenters. The van der Waals surface area contributed by atoms with E-state index in [2.05, 4.69) is 31.9 Å². The van der Waals surface area contributed by atoms with E-state index in [1.807, 2.05) is 30.3 Å². The minimum Gasteiger partial charge on any atom is -0.496 e. The molecule has 0 aliphatic heterocycles. The number of nitrogen functional groups attached to an aromatic ring is 1. The van der Waals surface area contributed by atoms with Crippen LogP contribution in [0.1, 0.15) is 5.56 Å². The van der Waals surface area contributed by atoms with E-state index in [4.69, 9.17) is 15.2 Å². The van der Waals surface area contributed by atoms with E-state index in [-0.39, 0.29) is 0 Å². The Balaban J connectivity index is 2.18. The van der Waals surface area contributed by atoms with Gasteiger partial charge < -0.3 is 15.2 Å². The lowest BCUT2D eigenvalue weighted by molar-refractivity contribution is 0.295. The number of hydrogen-bond donors (Lipinski definition) is 1. The van der Waals surface area contributed by atoms with Crippen LogP contribution in [0.2, 0.25) is 0 Å². The highest BCUT2D eigenvalue weighted by Gasteiger charge is 2.07. The van der Waals surface area contributed by atoms with Gasteiger partial charge in [-0.2, -0.15) is 0 Å². The number of halogens is 2. The molecule has 2 aromatic carbocycles. The largest absolute Gasteiger partial charge is 0.496 e. The molecule has 0 heterocycles. The summed E-state index contributed by atoms with van der Waals surface area (Å²) in [6.45, 7) is 0.407. The third kappa shape index (κ3) is 3.64. The molecule has 0 aromatic heterocycles. The number of hydrogen-bond acceptors (Lipinski definition) is 3. The summed E-state index contributed by atoms with van der Waals surface area (Å²) in [4.78, 5) is 0. The number of rotatable bonds is 4. The van der Waals surface area contributed by atoms with Crippen molar-refractivity contribution in [3.05, 3.63) is 50.9 Å². The fraction of sp³-hybridized carbons (Fsp3) is 0.143. The maximum Gasteiger partial charge on any atom is 0.136 e. The van der Waals surface area contributed by atoms with Gasteiger partial charge in [-0.05, 0) is 46.3 Å². The molecule has 0 amide bonds. The second kappa shape index (κ2) is 6.30. The van der Waals surface area contributed by atoms with Crippen molar-refractivity contribution >= 4 is 37.5 Å². The Morgan fingerprint density at radius 1 is 1.05 bits per heavy atom. The zero-order valence-corrected chi connectivity index (χ0v) is 13.5. The number of ether oxygens (including phenoxy) is 2. The lowest BCUT2D eigenvalue weighted by Crippen LogP contribution is -2.00. The standard InChI is InChI=1S/C14H13Br2NO2/c1-18-13-5-2-10(15)6-9(13)8-19-14-7-11(17)3-4-12(14)16/h2-7H,8,17H2,1H3. The van der Waals surface area contributed by atoms with Gasteiger partial charge in [0.15, 0.2) is 0 Å². The van der Waals surface area contributed by atoms with Crippen LogP contribution in [0.4, 0.5) is 5.69 Å². The average Bonchev–Trinajstić information content (AvgIpc) is 2.40. The van der Waals surface area contributed by atoms with Crippen LogP contribution in [0, 0.1) is 0 Å². The smallest absolute Gasteiger partial charge is 0.136 e. The summed E-state index contributed by atoms with van der Waals surface area (Å²) < 4.78 is 12.9. The zero-order chi connectivity index (χ0) is 13.8. The Labute approximate surface area is 129 Å². The van der Waals surface area contributed by atoms with Gasteiger partial charge in [0, 0.05) is 21.8 Å². The number of anilines is 1. The molecular weight excluding hydrogens is 374 g/mol. The van der Waals surface area contributed by atoms with Crippen LogP contribution >= 0.6 is 31.9 Å². The van der Waals surface area contributed by atoms with Crippen LogP contribution in [0.15, 0.2) is 45.3 Å². The molecule has 2 aromatic rings. The zero-order valence-electron chi connectivity index (χ0n) is 10.3. The van der Waals surface area contributed by atoms with E-state index in [1.54, 1.807) is 13.2 Å². The van der Waals surface area contributed by atoms with Gasteiger partial charge >= 0.3 is 0 Å². The van der Waals surface area contributed by atoms with Gasteiger partial charge in [-0.1, -0.05) is 15.9 Å². The van der Waals surface area contributed by atoms with Crippen molar-refractivity contribution in [1.29, 1.82) is 0 Å². The van der Waals surface area contributed by atoms with Crippen LogP contribution in [0.5, 0.6) is 11.5 Å². The third-order valence-electron chi connectivity index (χ3n) is 2.58. The van der Waals surface area contributed by atoms with Crippen molar-refractivity contribution in [3.63, 3.8) is 0 Å². The van der Waals surface area contributed by atoms with Crippen molar-refractivity contribution in [3.8, 4) is 11.5 Å². The molecule has 0 saturated heterocycles. The molecule has 5 heteroatoms. The molecule has 0 spiro atoms. The Morgan fingerprint density at radius 2 is 1.84 bits per heavy atom. The van der Waals surface area contributed by atoms with Gasteiger partial charge in [0.25, 0.3) is 0 Å². The summed E-state index contributed by atoms with van der Waals surface area (Å²) in [7, 11) is 1.64. The first kappa shape index (κ1) is 14.2. The summed E-state index contributed by atoms with van der Waals surface area (Å²) in [5, 5.41) is 0. The van der Waals surface area contributed by atoms with E-state index in [1.165, 1.54) is 0 Å². The van der Waals surface area contributed by atoms with Crippen molar-refractivity contribution in [2.75, 3.05) is 12.8 Å². The molecule has 0 fully saturated rings. The average molecular weight is 387 g/mol. The highest BCUT2D eigenvalue weighted by atomic mass is 79.9. The first-order chi connectivity index (χ1) is 9.10. The lowest BCUT2D eigenvalue weighted by atomic mass is 10.2. The second-order valence-electron chi connectivity index (χ2n) is 3.93. The molecule has 0 unspecified atom stereocenters. The van der Waals surface area contributed by atoms with Crippen LogP contribution in [0.3, 0.4) is 0 Å². The molecule has 0 bridgehead atoms. The topological polar surface area (TPSA) is 44.5 Å². The predicted molar refractivity (Wildman–Crippen MR) is 83.6 cm³/mol. The van der Waals surface area contributed by atoms with E-state index in [0.717, 1.165) is 20.3 Å². The number of nitrogens with two attached hydrogens (primary N) is 1. The summed E-state index contributed by atoms with van der Waals surface area (Å²) in [5.41, 5.74) is 7.37. The van der Waals surface area contributed by atoms with Crippen LogP contribution in [-0.2, 0) is 6.61 Å². The summed E-state index contributed by atoms with van der Waals surface area (Å²) in [5.74, 6) is 1.50. The molecule has 100 valence electrons. The molecule has 19 heavy (non-hydrogen) atoms. The highest BCUT2D eigenvalue weighted by Crippen LogP contribution is 2.29. The molecule has 0 aliphatic rings. The Hall–Kier alpha value is -1.20. The minimum atomic E-state index is 0.407. The monoisotopic (exact) mass is 385 g/mol. The van der Waals surface area contributed by atoms with Gasteiger partial charge in [-0.15, -0.1) is 0 Å². The minimum absolute atomic E-state index is 0.407. The maximum atomic E-state index is 5.77. The maximum absolute atomic E-state index is 5.77. The highest BCUT2D eigenvalue weighted by molar-refractivity contribution is 9.10. The van der Waals surface area contributed by atoms with Gasteiger partial charge in [-0.25, -0.2) is 0 Å². The Morgan fingerprint density at radius 3 is 2.58 bits per heavy atom.